The fraction of sp³-hybridized carbons (Fsp3) is 0.500. The molecule has 0 aromatic carbocycles. The van der Waals surface area contributed by atoms with E-state index >= 15 is 0 Å². The molecule has 1 aliphatic rings. The maximum absolute atomic E-state index is 12.4. The predicted molar refractivity (Wildman–Crippen MR) is 72.9 cm³/mol. The second kappa shape index (κ2) is 5.99. The lowest BCUT2D eigenvalue weighted by atomic mass is 10.2. The summed E-state index contributed by atoms with van der Waals surface area (Å²) >= 11 is 9.14. The van der Waals surface area contributed by atoms with Crippen molar-refractivity contribution < 1.29 is 9.53 Å². The van der Waals surface area contributed by atoms with Crippen LogP contribution in [0, 0.1) is 0 Å². The summed E-state index contributed by atoms with van der Waals surface area (Å²) < 4.78 is 6.23. The number of aromatic nitrogens is 1. The Bertz CT molecular complexity index is 444. The molecule has 0 spiro atoms. The van der Waals surface area contributed by atoms with E-state index in [-0.39, 0.29) is 18.1 Å². The van der Waals surface area contributed by atoms with E-state index in [4.69, 9.17) is 16.3 Å². The van der Waals surface area contributed by atoms with Crippen molar-refractivity contribution in [3.63, 3.8) is 0 Å². The minimum atomic E-state index is -0.102. The van der Waals surface area contributed by atoms with E-state index in [1.807, 2.05) is 13.0 Å². The maximum Gasteiger partial charge on any atom is 0.274 e. The summed E-state index contributed by atoms with van der Waals surface area (Å²) in [7, 11) is 0. The molecule has 18 heavy (non-hydrogen) atoms. The van der Waals surface area contributed by atoms with Gasteiger partial charge in [0, 0.05) is 17.2 Å². The van der Waals surface area contributed by atoms with Crippen LogP contribution in [0.25, 0.3) is 0 Å². The molecule has 2 unspecified atom stereocenters. The minimum Gasteiger partial charge on any atom is -0.373 e. The zero-order valence-electron chi connectivity index (χ0n) is 9.97. The molecule has 98 valence electrons. The Morgan fingerprint density at radius 2 is 2.50 bits per heavy atom. The number of hydrogen-bond acceptors (Lipinski definition) is 3. The Kier molecular flexibility index (Phi) is 4.59. The molecule has 2 heterocycles. The zero-order chi connectivity index (χ0) is 13.1. The van der Waals surface area contributed by atoms with Crippen LogP contribution >= 0.6 is 27.5 Å². The molecule has 1 amide bonds. The quantitative estimate of drug-likeness (QED) is 0.780. The van der Waals surface area contributed by atoms with Crippen LogP contribution in [0.3, 0.4) is 0 Å². The molecule has 1 fully saturated rings. The molecule has 2 atom stereocenters. The summed E-state index contributed by atoms with van der Waals surface area (Å²) in [6.07, 6.45) is 1.51. The molecule has 2 rings (SSSR count). The topological polar surface area (TPSA) is 42.4 Å². The predicted octanol–water partition coefficient (Wildman–Crippen LogP) is 2.31. The van der Waals surface area contributed by atoms with Crippen molar-refractivity contribution in [3.05, 3.63) is 28.5 Å². The normalized spacial score (nSPS) is 24.1. The Labute approximate surface area is 119 Å². The SMILES string of the molecule is CC1COC(CCl)CN1C(=O)c1ncccc1Br. The van der Waals surface area contributed by atoms with Gasteiger partial charge in [0.2, 0.25) is 0 Å². The largest absolute Gasteiger partial charge is 0.373 e. The summed E-state index contributed by atoms with van der Waals surface area (Å²) in [6, 6.07) is 3.63. The van der Waals surface area contributed by atoms with Crippen molar-refractivity contribution in [1.29, 1.82) is 0 Å². The molecule has 1 aromatic heterocycles. The van der Waals surface area contributed by atoms with Gasteiger partial charge in [-0.3, -0.25) is 4.79 Å². The minimum absolute atomic E-state index is 0.0332. The third-order valence-electron chi connectivity index (χ3n) is 2.90. The number of halogens is 2. The van der Waals surface area contributed by atoms with E-state index in [2.05, 4.69) is 20.9 Å². The second-order valence-electron chi connectivity index (χ2n) is 4.25. The van der Waals surface area contributed by atoms with Gasteiger partial charge in [-0.1, -0.05) is 0 Å². The number of ether oxygens (including phenoxy) is 1. The zero-order valence-corrected chi connectivity index (χ0v) is 12.3. The fourth-order valence-corrected chi connectivity index (χ4v) is 2.48. The standard InChI is InChI=1S/C12H14BrClN2O2/c1-8-7-18-9(5-14)6-16(8)12(17)11-10(13)3-2-4-15-11/h2-4,8-9H,5-7H2,1H3. The molecule has 0 radical (unpaired) electrons. The summed E-state index contributed by atoms with van der Waals surface area (Å²) in [5.41, 5.74) is 0.430. The first-order valence-electron chi connectivity index (χ1n) is 5.72. The van der Waals surface area contributed by atoms with Crippen molar-refractivity contribution in [2.45, 2.75) is 19.1 Å². The van der Waals surface area contributed by atoms with E-state index in [1.165, 1.54) is 0 Å². The maximum atomic E-state index is 12.4. The smallest absolute Gasteiger partial charge is 0.274 e. The number of pyridine rings is 1. The first kappa shape index (κ1) is 13.8. The average Bonchev–Trinajstić information content (AvgIpc) is 2.39. The Morgan fingerprint density at radius 1 is 1.72 bits per heavy atom. The van der Waals surface area contributed by atoms with E-state index in [1.54, 1.807) is 17.2 Å². The number of nitrogens with zero attached hydrogens (tertiary/aromatic N) is 2. The van der Waals surface area contributed by atoms with Gasteiger partial charge < -0.3 is 9.64 Å². The molecular formula is C12H14BrClN2O2. The van der Waals surface area contributed by atoms with Crippen LogP contribution in [0.4, 0.5) is 0 Å². The van der Waals surface area contributed by atoms with Gasteiger partial charge in [-0.25, -0.2) is 4.98 Å². The molecule has 4 nitrogen and oxygen atoms in total. The molecule has 1 aliphatic heterocycles. The summed E-state index contributed by atoms with van der Waals surface area (Å²) in [5, 5.41) is 0. The van der Waals surface area contributed by atoms with E-state index < -0.39 is 0 Å². The van der Waals surface area contributed by atoms with Crippen LogP contribution in [0.5, 0.6) is 0 Å². The monoisotopic (exact) mass is 332 g/mol. The molecule has 1 saturated heterocycles. The van der Waals surface area contributed by atoms with Gasteiger partial charge in [0.15, 0.2) is 0 Å². The van der Waals surface area contributed by atoms with Crippen LogP contribution in [-0.4, -0.2) is 47.0 Å². The van der Waals surface area contributed by atoms with E-state index in [0.29, 0.717) is 29.2 Å². The number of hydrogen-bond donors (Lipinski definition) is 0. The van der Waals surface area contributed by atoms with Crippen LogP contribution in [0.2, 0.25) is 0 Å². The van der Waals surface area contributed by atoms with Crippen LogP contribution in [0.15, 0.2) is 22.8 Å². The van der Waals surface area contributed by atoms with E-state index in [9.17, 15) is 4.79 Å². The highest BCUT2D eigenvalue weighted by molar-refractivity contribution is 9.10. The van der Waals surface area contributed by atoms with Crippen molar-refractivity contribution in [2.75, 3.05) is 19.0 Å². The van der Waals surface area contributed by atoms with Crippen LogP contribution in [-0.2, 0) is 4.74 Å². The molecule has 1 aromatic rings. The molecule has 0 saturated carbocycles. The molecule has 0 N–H and O–H groups in total. The van der Waals surface area contributed by atoms with E-state index in [0.717, 1.165) is 0 Å². The number of carbonyl (C=O) groups is 1. The highest BCUT2D eigenvalue weighted by Crippen LogP contribution is 2.20. The van der Waals surface area contributed by atoms with Crippen LogP contribution < -0.4 is 0 Å². The van der Waals surface area contributed by atoms with Gasteiger partial charge in [0.05, 0.1) is 24.6 Å². The molecule has 0 bridgehead atoms. The number of alkyl halides is 1. The Hall–Kier alpha value is -0.650. The van der Waals surface area contributed by atoms with Gasteiger partial charge in [0.25, 0.3) is 5.91 Å². The van der Waals surface area contributed by atoms with Gasteiger partial charge in [-0.15, -0.1) is 11.6 Å². The molecule has 0 aliphatic carbocycles. The van der Waals surface area contributed by atoms with Crippen molar-refractivity contribution in [3.8, 4) is 0 Å². The number of morpholine rings is 1. The molecular weight excluding hydrogens is 320 g/mol. The highest BCUT2D eigenvalue weighted by Gasteiger charge is 2.31. The van der Waals surface area contributed by atoms with Crippen molar-refractivity contribution in [1.82, 2.24) is 9.88 Å². The van der Waals surface area contributed by atoms with Gasteiger partial charge >= 0.3 is 0 Å². The number of rotatable bonds is 2. The van der Waals surface area contributed by atoms with Crippen LogP contribution in [0.1, 0.15) is 17.4 Å². The second-order valence-corrected chi connectivity index (χ2v) is 5.41. The lowest BCUT2D eigenvalue weighted by Gasteiger charge is -2.37. The highest BCUT2D eigenvalue weighted by atomic mass is 79.9. The third-order valence-corrected chi connectivity index (χ3v) is 3.88. The lowest BCUT2D eigenvalue weighted by Crippen LogP contribution is -2.51. The van der Waals surface area contributed by atoms with Gasteiger partial charge in [-0.05, 0) is 35.0 Å². The summed E-state index contributed by atoms with van der Waals surface area (Å²) in [4.78, 5) is 18.3. The average molecular weight is 334 g/mol. The third kappa shape index (κ3) is 2.84. The first-order valence-corrected chi connectivity index (χ1v) is 7.05. The van der Waals surface area contributed by atoms with Crippen molar-refractivity contribution in [2.24, 2.45) is 0 Å². The van der Waals surface area contributed by atoms with Crippen molar-refractivity contribution >= 4 is 33.4 Å². The molecule has 6 heteroatoms. The van der Waals surface area contributed by atoms with Gasteiger partial charge in [0.1, 0.15) is 5.69 Å². The van der Waals surface area contributed by atoms with Gasteiger partial charge in [-0.2, -0.15) is 0 Å². The first-order chi connectivity index (χ1) is 8.63. The summed E-state index contributed by atoms with van der Waals surface area (Å²) in [5.74, 6) is 0.299. The Balaban J connectivity index is 2.19. The Morgan fingerprint density at radius 3 is 3.17 bits per heavy atom. The summed E-state index contributed by atoms with van der Waals surface area (Å²) in [6.45, 7) is 2.97. The number of carbonyl (C=O) groups excluding carboxylic acids is 1. The fourth-order valence-electron chi connectivity index (χ4n) is 1.87. The number of amides is 1. The lowest BCUT2D eigenvalue weighted by molar-refractivity contribution is -0.0374.